The maximum atomic E-state index is 11.2. The Morgan fingerprint density at radius 3 is 2.52 bits per heavy atom. The van der Waals surface area contributed by atoms with Crippen LogP contribution in [0.3, 0.4) is 0 Å². The first-order valence-corrected chi connectivity index (χ1v) is 12.9. The van der Waals surface area contributed by atoms with Crippen LogP contribution in [-0.2, 0) is 11.5 Å². The average molecular weight is 379 g/mol. The number of carbonyl (C=O) groups excluding carboxylic acids is 1. The smallest absolute Gasteiger partial charge is 0.150 e. The minimum Gasteiger partial charge on any atom is -0.360 e. The first kappa shape index (κ1) is 19.3. The largest absolute Gasteiger partial charge is 0.360 e. The highest BCUT2D eigenvalue weighted by atomic mass is 28.3. The third-order valence-electron chi connectivity index (χ3n) is 4.38. The Bertz CT molecular complexity index is 940. The van der Waals surface area contributed by atoms with Gasteiger partial charge in [0.25, 0.3) is 0 Å². The monoisotopic (exact) mass is 378 g/mol. The van der Waals surface area contributed by atoms with E-state index < -0.39 is 8.07 Å². The van der Waals surface area contributed by atoms with Gasteiger partial charge >= 0.3 is 0 Å². The molecule has 140 valence electrons. The van der Waals surface area contributed by atoms with Crippen molar-refractivity contribution >= 4 is 37.4 Å². The van der Waals surface area contributed by atoms with E-state index in [4.69, 9.17) is 9.84 Å². The molecule has 0 amide bonds. The summed E-state index contributed by atoms with van der Waals surface area (Å²) < 4.78 is 7.72. The van der Waals surface area contributed by atoms with Crippen molar-refractivity contribution in [3.63, 3.8) is 0 Å². The first-order valence-electron chi connectivity index (χ1n) is 9.23. The fourth-order valence-electron chi connectivity index (χ4n) is 2.78. The van der Waals surface area contributed by atoms with E-state index in [-0.39, 0.29) is 0 Å². The predicted molar refractivity (Wildman–Crippen MR) is 115 cm³/mol. The number of hydrogen-bond acceptors (Lipinski definition) is 3. The third kappa shape index (κ3) is 5.25. The lowest BCUT2D eigenvalue weighted by Gasteiger charge is -2.15. The second-order valence-electron chi connectivity index (χ2n) is 7.87. The standard InChI is InChI=1S/C22H26N2O2Si/c1-27(2,3)14-13-26-17-24-22-15-19(16-25)9-11-20(22)21(23-24)12-10-18-7-5-4-6-8-18/h4-12,15-16H,13-14,17H2,1-3H3/b12-10+. The molecule has 0 saturated heterocycles. The van der Waals surface area contributed by atoms with Crippen LogP contribution in [0.1, 0.15) is 21.6 Å². The number of ether oxygens (including phenoxy) is 1. The number of aldehydes is 1. The minimum atomic E-state index is -1.12. The topological polar surface area (TPSA) is 44.1 Å². The maximum Gasteiger partial charge on any atom is 0.150 e. The highest BCUT2D eigenvalue weighted by molar-refractivity contribution is 6.76. The van der Waals surface area contributed by atoms with Crippen LogP contribution in [0.4, 0.5) is 0 Å². The fraction of sp³-hybridized carbons (Fsp3) is 0.273. The van der Waals surface area contributed by atoms with Crippen molar-refractivity contribution in [1.82, 2.24) is 9.78 Å². The van der Waals surface area contributed by atoms with Crippen LogP contribution in [0.25, 0.3) is 23.1 Å². The van der Waals surface area contributed by atoms with E-state index in [2.05, 4.69) is 31.8 Å². The summed E-state index contributed by atoms with van der Waals surface area (Å²) in [7, 11) is -1.12. The lowest BCUT2D eigenvalue weighted by molar-refractivity contribution is 0.0816. The Labute approximate surface area is 161 Å². The van der Waals surface area contributed by atoms with Gasteiger partial charge in [0.2, 0.25) is 0 Å². The number of fused-ring (bicyclic) bond motifs is 1. The Morgan fingerprint density at radius 2 is 1.81 bits per heavy atom. The lowest BCUT2D eigenvalue weighted by atomic mass is 10.1. The Morgan fingerprint density at radius 1 is 1.04 bits per heavy atom. The molecule has 0 N–H and O–H groups in total. The van der Waals surface area contributed by atoms with Gasteiger partial charge in [-0.15, -0.1) is 0 Å². The van der Waals surface area contributed by atoms with Crippen LogP contribution in [-0.4, -0.2) is 30.7 Å². The normalized spacial score (nSPS) is 12.1. The van der Waals surface area contributed by atoms with Crippen LogP contribution in [0.5, 0.6) is 0 Å². The van der Waals surface area contributed by atoms with Crippen molar-refractivity contribution in [2.24, 2.45) is 0 Å². The molecule has 0 saturated carbocycles. The van der Waals surface area contributed by atoms with Gasteiger partial charge in [-0.1, -0.05) is 62.1 Å². The van der Waals surface area contributed by atoms with Crippen molar-refractivity contribution in [2.45, 2.75) is 32.4 Å². The fourth-order valence-corrected chi connectivity index (χ4v) is 3.54. The zero-order valence-corrected chi connectivity index (χ0v) is 17.2. The van der Waals surface area contributed by atoms with Crippen LogP contribution in [0.2, 0.25) is 25.7 Å². The number of benzene rings is 2. The quantitative estimate of drug-likeness (QED) is 0.302. The molecule has 0 aliphatic heterocycles. The summed E-state index contributed by atoms with van der Waals surface area (Å²) in [6.45, 7) is 8.13. The number of rotatable bonds is 8. The number of nitrogens with zero attached hydrogens (tertiary/aromatic N) is 2. The van der Waals surface area contributed by atoms with Gasteiger partial charge in [0, 0.05) is 25.6 Å². The van der Waals surface area contributed by atoms with Gasteiger partial charge < -0.3 is 4.74 Å². The zero-order valence-electron chi connectivity index (χ0n) is 16.2. The van der Waals surface area contributed by atoms with E-state index in [1.54, 1.807) is 0 Å². The van der Waals surface area contributed by atoms with Crippen LogP contribution >= 0.6 is 0 Å². The van der Waals surface area contributed by atoms with Gasteiger partial charge in [-0.3, -0.25) is 4.79 Å². The van der Waals surface area contributed by atoms with Crippen LogP contribution in [0.15, 0.2) is 48.5 Å². The molecule has 0 radical (unpaired) electrons. The van der Waals surface area contributed by atoms with E-state index in [0.717, 1.165) is 41.1 Å². The average Bonchev–Trinajstić information content (AvgIpc) is 3.00. The second-order valence-corrected chi connectivity index (χ2v) is 13.5. The van der Waals surface area contributed by atoms with E-state index in [1.807, 2.05) is 53.2 Å². The van der Waals surface area contributed by atoms with Crippen LogP contribution in [0, 0.1) is 0 Å². The van der Waals surface area contributed by atoms with Gasteiger partial charge in [-0.05, 0) is 29.8 Å². The first-order chi connectivity index (χ1) is 13.0. The molecule has 1 heterocycles. The molecule has 27 heavy (non-hydrogen) atoms. The molecule has 5 heteroatoms. The van der Waals surface area contributed by atoms with E-state index >= 15 is 0 Å². The highest BCUT2D eigenvalue weighted by Gasteiger charge is 2.13. The van der Waals surface area contributed by atoms with Crippen molar-refractivity contribution in [1.29, 1.82) is 0 Å². The predicted octanol–water partition coefficient (Wildman–Crippen LogP) is 5.33. The van der Waals surface area contributed by atoms with Crippen molar-refractivity contribution in [3.05, 3.63) is 65.4 Å². The Balaban J connectivity index is 1.86. The van der Waals surface area contributed by atoms with Crippen LogP contribution < -0.4 is 0 Å². The SMILES string of the molecule is C[Si](C)(C)CCOCn1nc(/C=C/c2ccccc2)c2ccc(C=O)cc21. The second kappa shape index (κ2) is 8.46. The van der Waals surface area contributed by atoms with E-state index in [1.165, 1.54) is 0 Å². The summed E-state index contributed by atoms with van der Waals surface area (Å²) in [5, 5.41) is 5.73. The van der Waals surface area contributed by atoms with Crippen molar-refractivity contribution in [2.75, 3.05) is 6.61 Å². The summed E-state index contributed by atoms with van der Waals surface area (Å²) in [5.74, 6) is 0. The molecule has 0 aliphatic carbocycles. The lowest BCUT2D eigenvalue weighted by Crippen LogP contribution is -2.22. The molecular formula is C22H26N2O2Si. The summed E-state index contributed by atoms with van der Waals surface area (Å²) in [4.78, 5) is 11.2. The van der Waals surface area contributed by atoms with E-state index in [9.17, 15) is 4.79 Å². The van der Waals surface area contributed by atoms with Gasteiger partial charge in [-0.25, -0.2) is 4.68 Å². The van der Waals surface area contributed by atoms with Crippen molar-refractivity contribution in [3.8, 4) is 0 Å². The Hall–Kier alpha value is -2.50. The van der Waals surface area contributed by atoms with E-state index in [0.29, 0.717) is 12.3 Å². The number of carbonyl (C=O) groups is 1. The summed E-state index contributed by atoms with van der Waals surface area (Å²) >= 11 is 0. The molecule has 4 nitrogen and oxygen atoms in total. The number of aromatic nitrogens is 2. The molecule has 0 aliphatic rings. The summed E-state index contributed by atoms with van der Waals surface area (Å²) in [6, 6.07) is 16.9. The zero-order chi connectivity index (χ0) is 19.3. The van der Waals surface area contributed by atoms with Gasteiger partial charge in [0.15, 0.2) is 0 Å². The van der Waals surface area contributed by atoms with Gasteiger partial charge in [0.1, 0.15) is 13.0 Å². The molecule has 1 aromatic heterocycles. The molecular weight excluding hydrogens is 352 g/mol. The third-order valence-corrected chi connectivity index (χ3v) is 6.09. The van der Waals surface area contributed by atoms with Gasteiger partial charge in [-0.2, -0.15) is 5.10 Å². The Kier molecular flexibility index (Phi) is 6.03. The molecule has 0 spiro atoms. The molecule has 0 unspecified atom stereocenters. The molecule has 0 atom stereocenters. The van der Waals surface area contributed by atoms with Crippen molar-refractivity contribution < 1.29 is 9.53 Å². The maximum absolute atomic E-state index is 11.2. The minimum absolute atomic E-state index is 0.391. The van der Waals surface area contributed by atoms with Gasteiger partial charge in [0.05, 0.1) is 11.2 Å². The summed E-state index contributed by atoms with van der Waals surface area (Å²) in [5.41, 5.74) is 3.56. The number of hydrogen-bond donors (Lipinski definition) is 0. The molecule has 2 aromatic carbocycles. The molecule has 0 fully saturated rings. The highest BCUT2D eigenvalue weighted by Crippen LogP contribution is 2.22. The molecule has 3 aromatic rings. The summed E-state index contributed by atoms with van der Waals surface area (Å²) in [6.07, 6.45) is 4.92. The molecule has 0 bridgehead atoms. The molecule has 3 rings (SSSR count).